The van der Waals surface area contributed by atoms with Gasteiger partial charge in [0.25, 0.3) is 0 Å². The molecule has 1 saturated carbocycles. The molecule has 2 fully saturated rings. The van der Waals surface area contributed by atoms with Gasteiger partial charge in [-0.05, 0) is 25.0 Å². The molecule has 1 heterocycles. The molecule has 1 aliphatic carbocycles. The Hall–Kier alpha value is -2.11. The number of nitrogens with zero attached hydrogens (tertiary/aromatic N) is 1. The van der Waals surface area contributed by atoms with Crippen molar-refractivity contribution in [1.29, 1.82) is 0 Å². The van der Waals surface area contributed by atoms with E-state index in [1.54, 1.807) is 23.1 Å². The zero-order valence-electron chi connectivity index (χ0n) is 14.4. The molecule has 136 valence electrons. The van der Waals surface area contributed by atoms with Crippen LogP contribution in [0.25, 0.3) is 0 Å². The predicted octanol–water partition coefficient (Wildman–Crippen LogP) is 2.93. The summed E-state index contributed by atoms with van der Waals surface area (Å²) < 4.78 is 24.4. The molecule has 0 aromatic heterocycles. The van der Waals surface area contributed by atoms with E-state index in [-0.39, 0.29) is 24.1 Å². The van der Waals surface area contributed by atoms with Crippen LogP contribution in [0.5, 0.6) is 5.75 Å². The van der Waals surface area contributed by atoms with Crippen LogP contribution in [0, 0.1) is 11.7 Å². The lowest BCUT2D eigenvalue weighted by Gasteiger charge is -2.29. The first-order valence-corrected chi connectivity index (χ1v) is 8.89. The minimum Gasteiger partial charge on any atom is -0.485 e. The Bertz CT molecular complexity index is 630. The number of halogens is 1. The summed E-state index contributed by atoms with van der Waals surface area (Å²) in [5.74, 6) is -0.788. The van der Waals surface area contributed by atoms with Crippen LogP contribution in [0.4, 0.5) is 4.39 Å². The predicted molar refractivity (Wildman–Crippen MR) is 89.5 cm³/mol. The molecule has 3 rings (SSSR count). The van der Waals surface area contributed by atoms with Crippen LogP contribution in [0.15, 0.2) is 24.3 Å². The standard InChI is InChI=1S/C19H24FNO4/c1-24-19(23)16-11-14(25-17-10-6-5-9-15(17)20)12-21(16)18(22)13-7-3-2-4-8-13/h5-6,9-10,13-14,16H,2-4,7-8,11-12H2,1H3. The summed E-state index contributed by atoms with van der Waals surface area (Å²) in [6, 6.07) is 5.50. The first-order chi connectivity index (χ1) is 12.1. The topological polar surface area (TPSA) is 55.8 Å². The van der Waals surface area contributed by atoms with Crippen molar-refractivity contribution >= 4 is 11.9 Å². The van der Waals surface area contributed by atoms with E-state index in [4.69, 9.17) is 9.47 Å². The Morgan fingerprint density at radius 1 is 1.16 bits per heavy atom. The Kier molecular flexibility index (Phi) is 5.56. The maximum atomic E-state index is 13.8. The van der Waals surface area contributed by atoms with Gasteiger partial charge in [-0.2, -0.15) is 0 Å². The van der Waals surface area contributed by atoms with Crippen LogP contribution in [-0.4, -0.2) is 42.6 Å². The summed E-state index contributed by atoms with van der Waals surface area (Å²) in [6.07, 6.45) is 4.87. The molecule has 1 aromatic rings. The van der Waals surface area contributed by atoms with Crippen molar-refractivity contribution in [2.75, 3.05) is 13.7 Å². The lowest BCUT2D eigenvalue weighted by molar-refractivity contribution is -0.152. The largest absolute Gasteiger partial charge is 0.485 e. The Morgan fingerprint density at radius 3 is 2.56 bits per heavy atom. The third-order valence-electron chi connectivity index (χ3n) is 5.10. The van der Waals surface area contributed by atoms with Crippen molar-refractivity contribution in [3.05, 3.63) is 30.1 Å². The number of para-hydroxylation sites is 1. The zero-order chi connectivity index (χ0) is 17.8. The molecule has 1 aliphatic heterocycles. The normalized spacial score (nSPS) is 24.2. The van der Waals surface area contributed by atoms with E-state index in [2.05, 4.69) is 0 Å². The molecule has 1 amide bonds. The molecule has 0 spiro atoms. The highest BCUT2D eigenvalue weighted by Gasteiger charge is 2.43. The van der Waals surface area contributed by atoms with Crippen molar-refractivity contribution in [3.63, 3.8) is 0 Å². The molecular formula is C19H24FNO4. The van der Waals surface area contributed by atoms with Gasteiger partial charge < -0.3 is 14.4 Å². The fraction of sp³-hybridized carbons (Fsp3) is 0.579. The van der Waals surface area contributed by atoms with Crippen LogP contribution in [0.1, 0.15) is 38.5 Å². The Balaban J connectivity index is 1.73. The summed E-state index contributed by atoms with van der Waals surface area (Å²) in [4.78, 5) is 26.6. The van der Waals surface area contributed by atoms with Gasteiger partial charge in [0, 0.05) is 12.3 Å². The molecule has 2 atom stereocenters. The SMILES string of the molecule is COC(=O)C1CC(Oc2ccccc2F)CN1C(=O)C1CCCCC1. The van der Waals surface area contributed by atoms with Gasteiger partial charge in [-0.1, -0.05) is 31.4 Å². The van der Waals surface area contributed by atoms with Crippen LogP contribution in [-0.2, 0) is 14.3 Å². The highest BCUT2D eigenvalue weighted by molar-refractivity contribution is 5.86. The van der Waals surface area contributed by atoms with E-state index >= 15 is 0 Å². The molecule has 1 saturated heterocycles. The number of hydrogen-bond donors (Lipinski definition) is 0. The van der Waals surface area contributed by atoms with Gasteiger partial charge in [0.05, 0.1) is 13.7 Å². The van der Waals surface area contributed by atoms with Crippen molar-refractivity contribution < 1.29 is 23.5 Å². The van der Waals surface area contributed by atoms with Crippen molar-refractivity contribution in [3.8, 4) is 5.75 Å². The number of rotatable bonds is 4. The highest BCUT2D eigenvalue weighted by atomic mass is 19.1. The maximum absolute atomic E-state index is 13.8. The summed E-state index contributed by atoms with van der Waals surface area (Å²) in [5, 5.41) is 0. The van der Waals surface area contributed by atoms with E-state index in [1.807, 2.05) is 0 Å². The Labute approximate surface area is 147 Å². The first-order valence-electron chi connectivity index (χ1n) is 8.89. The van der Waals surface area contributed by atoms with Crippen LogP contribution in [0.2, 0.25) is 0 Å². The molecule has 0 N–H and O–H groups in total. The quantitative estimate of drug-likeness (QED) is 0.785. The fourth-order valence-electron chi connectivity index (χ4n) is 3.79. The number of carbonyl (C=O) groups excluding carboxylic acids is 2. The molecule has 6 heteroatoms. The lowest BCUT2D eigenvalue weighted by Crippen LogP contribution is -2.44. The van der Waals surface area contributed by atoms with E-state index < -0.39 is 23.9 Å². The third kappa shape index (κ3) is 3.94. The van der Waals surface area contributed by atoms with Crippen molar-refractivity contribution in [2.45, 2.75) is 50.7 Å². The molecule has 2 unspecified atom stereocenters. The minimum atomic E-state index is -0.656. The van der Waals surface area contributed by atoms with Gasteiger partial charge >= 0.3 is 5.97 Å². The van der Waals surface area contributed by atoms with Gasteiger partial charge in [-0.3, -0.25) is 4.79 Å². The van der Waals surface area contributed by atoms with E-state index in [9.17, 15) is 14.0 Å². The van der Waals surface area contributed by atoms with Gasteiger partial charge in [-0.25, -0.2) is 9.18 Å². The van der Waals surface area contributed by atoms with Gasteiger partial charge in [0.15, 0.2) is 11.6 Å². The second-order valence-corrected chi connectivity index (χ2v) is 6.77. The molecular weight excluding hydrogens is 325 g/mol. The number of benzene rings is 1. The third-order valence-corrected chi connectivity index (χ3v) is 5.10. The first kappa shape index (κ1) is 17.7. The second-order valence-electron chi connectivity index (χ2n) is 6.77. The van der Waals surface area contributed by atoms with E-state index in [0.29, 0.717) is 6.42 Å². The maximum Gasteiger partial charge on any atom is 0.328 e. The number of methoxy groups -OCH3 is 1. The van der Waals surface area contributed by atoms with E-state index in [0.717, 1.165) is 32.1 Å². The number of amides is 1. The highest BCUT2D eigenvalue weighted by Crippen LogP contribution is 2.31. The fourth-order valence-corrected chi connectivity index (χ4v) is 3.79. The van der Waals surface area contributed by atoms with Gasteiger partial charge in [0.1, 0.15) is 12.1 Å². The van der Waals surface area contributed by atoms with Crippen molar-refractivity contribution in [1.82, 2.24) is 4.90 Å². The van der Waals surface area contributed by atoms with Crippen LogP contribution < -0.4 is 4.74 Å². The molecule has 0 radical (unpaired) electrons. The monoisotopic (exact) mass is 349 g/mol. The van der Waals surface area contributed by atoms with Crippen LogP contribution >= 0.6 is 0 Å². The molecule has 5 nitrogen and oxygen atoms in total. The van der Waals surface area contributed by atoms with Gasteiger partial charge in [-0.15, -0.1) is 0 Å². The molecule has 0 bridgehead atoms. The summed E-state index contributed by atoms with van der Waals surface area (Å²) in [6.45, 7) is 0.281. The number of likely N-dealkylation sites (tertiary alicyclic amines) is 1. The molecule has 1 aromatic carbocycles. The second kappa shape index (κ2) is 7.85. The smallest absolute Gasteiger partial charge is 0.328 e. The van der Waals surface area contributed by atoms with Gasteiger partial charge in [0.2, 0.25) is 5.91 Å². The minimum absolute atomic E-state index is 0.00488. The number of hydrogen-bond acceptors (Lipinski definition) is 4. The lowest BCUT2D eigenvalue weighted by atomic mass is 9.88. The number of carbonyl (C=O) groups is 2. The number of ether oxygens (including phenoxy) is 2. The van der Waals surface area contributed by atoms with Crippen molar-refractivity contribution in [2.24, 2.45) is 5.92 Å². The molecule has 25 heavy (non-hydrogen) atoms. The average molecular weight is 349 g/mol. The Morgan fingerprint density at radius 2 is 1.88 bits per heavy atom. The summed E-state index contributed by atoms with van der Waals surface area (Å²) >= 11 is 0. The van der Waals surface area contributed by atoms with E-state index in [1.165, 1.54) is 13.2 Å². The average Bonchev–Trinajstić information content (AvgIpc) is 3.07. The zero-order valence-corrected chi connectivity index (χ0v) is 14.4. The summed E-state index contributed by atoms with van der Waals surface area (Å²) in [7, 11) is 1.32. The summed E-state index contributed by atoms with van der Waals surface area (Å²) in [5.41, 5.74) is 0. The van der Waals surface area contributed by atoms with Crippen LogP contribution in [0.3, 0.4) is 0 Å². The molecule has 2 aliphatic rings. The number of esters is 1.